The number of hydrogen-bond donors (Lipinski definition) is 1. The van der Waals surface area contributed by atoms with Crippen molar-refractivity contribution in [2.24, 2.45) is 7.05 Å². The number of anilines is 1. The fourth-order valence-corrected chi connectivity index (χ4v) is 2.03. The highest BCUT2D eigenvalue weighted by Gasteiger charge is 2.07. The van der Waals surface area contributed by atoms with E-state index in [1.54, 1.807) is 0 Å². The van der Waals surface area contributed by atoms with Crippen LogP contribution in [0.1, 0.15) is 29.4 Å². The summed E-state index contributed by atoms with van der Waals surface area (Å²) in [6, 6.07) is 6.01. The lowest BCUT2D eigenvalue weighted by Crippen LogP contribution is -2.04. The number of hydrogen-bond acceptors (Lipinski definition) is 3. The quantitative estimate of drug-likeness (QED) is 0.859. The van der Waals surface area contributed by atoms with E-state index in [9.17, 15) is 0 Å². The maximum atomic E-state index is 5.92. The molecule has 0 radical (unpaired) electrons. The van der Waals surface area contributed by atoms with Crippen molar-refractivity contribution in [3.05, 3.63) is 40.7 Å². The lowest BCUT2D eigenvalue weighted by atomic mass is 10.1. The van der Waals surface area contributed by atoms with Crippen LogP contribution in [0.5, 0.6) is 5.75 Å². The van der Waals surface area contributed by atoms with Crippen molar-refractivity contribution < 1.29 is 4.74 Å². The minimum atomic E-state index is 0.507. The zero-order valence-electron chi connectivity index (χ0n) is 12.0. The number of nitrogen functional groups attached to an aromatic ring is 1. The first-order chi connectivity index (χ1) is 9.01. The number of nitrogens with zero attached hydrogens (tertiary/aromatic N) is 2. The Bertz CT molecular complexity index is 587. The molecule has 2 rings (SSSR count). The molecule has 1 heterocycles. The molecule has 4 heteroatoms. The third-order valence-corrected chi connectivity index (χ3v) is 3.33. The van der Waals surface area contributed by atoms with Crippen LogP contribution in [0.25, 0.3) is 0 Å². The summed E-state index contributed by atoms with van der Waals surface area (Å²) in [6.45, 7) is 6.63. The van der Waals surface area contributed by atoms with E-state index in [1.807, 2.05) is 37.7 Å². The van der Waals surface area contributed by atoms with Gasteiger partial charge in [-0.1, -0.05) is 13.0 Å². The van der Waals surface area contributed by atoms with Crippen molar-refractivity contribution in [1.82, 2.24) is 9.78 Å². The van der Waals surface area contributed by atoms with Crippen molar-refractivity contribution in [3.8, 4) is 5.75 Å². The Balaban J connectivity index is 2.14. The molecule has 0 atom stereocenters. The second kappa shape index (κ2) is 5.34. The Morgan fingerprint density at radius 3 is 2.58 bits per heavy atom. The fraction of sp³-hybridized carbons (Fsp3) is 0.400. The van der Waals surface area contributed by atoms with Gasteiger partial charge in [0.1, 0.15) is 12.4 Å². The molecule has 2 N–H and O–H groups in total. The van der Waals surface area contributed by atoms with Gasteiger partial charge in [0, 0.05) is 18.8 Å². The molecular weight excluding hydrogens is 238 g/mol. The predicted molar refractivity (Wildman–Crippen MR) is 77.2 cm³/mol. The van der Waals surface area contributed by atoms with Gasteiger partial charge in [-0.3, -0.25) is 4.68 Å². The zero-order valence-corrected chi connectivity index (χ0v) is 12.0. The van der Waals surface area contributed by atoms with Crippen molar-refractivity contribution in [1.29, 1.82) is 0 Å². The van der Waals surface area contributed by atoms with Crippen LogP contribution in [0.2, 0.25) is 0 Å². The van der Waals surface area contributed by atoms with Gasteiger partial charge >= 0.3 is 0 Å². The number of nitrogens with two attached hydrogens (primary N) is 1. The van der Waals surface area contributed by atoms with Crippen molar-refractivity contribution in [3.63, 3.8) is 0 Å². The summed E-state index contributed by atoms with van der Waals surface area (Å²) in [6.07, 6.45) is 0.935. The van der Waals surface area contributed by atoms with E-state index in [0.29, 0.717) is 6.61 Å². The van der Waals surface area contributed by atoms with E-state index in [-0.39, 0.29) is 0 Å². The zero-order chi connectivity index (χ0) is 14.0. The Morgan fingerprint density at radius 1 is 1.21 bits per heavy atom. The molecule has 0 saturated heterocycles. The van der Waals surface area contributed by atoms with E-state index < -0.39 is 0 Å². The van der Waals surface area contributed by atoms with Crippen LogP contribution in [0, 0.1) is 13.8 Å². The topological polar surface area (TPSA) is 53.1 Å². The van der Waals surface area contributed by atoms with E-state index in [2.05, 4.69) is 18.1 Å². The molecule has 1 aromatic carbocycles. The molecule has 0 unspecified atom stereocenters. The van der Waals surface area contributed by atoms with Gasteiger partial charge in [-0.25, -0.2) is 0 Å². The SMILES string of the molecule is CCc1cc(COc2cc(N)c(C)cc2C)n(C)n1. The highest BCUT2D eigenvalue weighted by atomic mass is 16.5. The second-order valence-electron chi connectivity index (χ2n) is 4.87. The van der Waals surface area contributed by atoms with Crippen LogP contribution >= 0.6 is 0 Å². The normalized spacial score (nSPS) is 10.7. The summed E-state index contributed by atoms with van der Waals surface area (Å²) < 4.78 is 7.72. The molecule has 102 valence electrons. The summed E-state index contributed by atoms with van der Waals surface area (Å²) in [5.41, 5.74) is 11.0. The van der Waals surface area contributed by atoms with Crippen molar-refractivity contribution in [2.45, 2.75) is 33.8 Å². The first kappa shape index (κ1) is 13.5. The van der Waals surface area contributed by atoms with Crippen LogP contribution in [-0.4, -0.2) is 9.78 Å². The standard InChI is InChI=1S/C15H21N3O/c1-5-12-7-13(18(4)17-12)9-19-15-8-14(16)10(2)6-11(15)3/h6-8H,5,9,16H2,1-4H3. The molecule has 0 fully saturated rings. The Morgan fingerprint density at radius 2 is 1.95 bits per heavy atom. The Kier molecular flexibility index (Phi) is 3.79. The number of aromatic nitrogens is 2. The van der Waals surface area contributed by atoms with Gasteiger partial charge in [0.25, 0.3) is 0 Å². The van der Waals surface area contributed by atoms with Crippen molar-refractivity contribution in [2.75, 3.05) is 5.73 Å². The number of ether oxygens (including phenoxy) is 1. The largest absolute Gasteiger partial charge is 0.487 e. The highest BCUT2D eigenvalue weighted by Crippen LogP contribution is 2.25. The summed E-state index contributed by atoms with van der Waals surface area (Å²) in [5.74, 6) is 0.836. The number of rotatable bonds is 4. The molecule has 2 aromatic rings. The third-order valence-electron chi connectivity index (χ3n) is 3.33. The van der Waals surface area contributed by atoms with E-state index in [4.69, 9.17) is 10.5 Å². The van der Waals surface area contributed by atoms with E-state index in [1.165, 1.54) is 0 Å². The molecule has 4 nitrogen and oxygen atoms in total. The first-order valence-corrected chi connectivity index (χ1v) is 6.52. The molecular formula is C15H21N3O. The van der Waals surface area contributed by atoms with Gasteiger partial charge in [0.2, 0.25) is 0 Å². The monoisotopic (exact) mass is 259 g/mol. The minimum absolute atomic E-state index is 0.507. The average Bonchev–Trinajstić information content (AvgIpc) is 2.73. The van der Waals surface area contributed by atoms with Gasteiger partial charge < -0.3 is 10.5 Å². The molecule has 0 aliphatic heterocycles. The molecule has 0 saturated carbocycles. The van der Waals surface area contributed by atoms with Crippen LogP contribution in [0.3, 0.4) is 0 Å². The molecule has 0 aliphatic carbocycles. The first-order valence-electron chi connectivity index (χ1n) is 6.52. The average molecular weight is 259 g/mol. The third kappa shape index (κ3) is 2.89. The highest BCUT2D eigenvalue weighted by molar-refractivity contribution is 5.54. The van der Waals surface area contributed by atoms with Crippen LogP contribution in [0.15, 0.2) is 18.2 Å². The minimum Gasteiger partial charge on any atom is -0.487 e. The molecule has 0 amide bonds. The Labute approximate surface area is 114 Å². The van der Waals surface area contributed by atoms with Gasteiger partial charge in [-0.15, -0.1) is 0 Å². The molecule has 0 aliphatic rings. The van der Waals surface area contributed by atoms with Gasteiger partial charge in [-0.05, 0) is 37.5 Å². The summed E-state index contributed by atoms with van der Waals surface area (Å²) >= 11 is 0. The summed E-state index contributed by atoms with van der Waals surface area (Å²) in [4.78, 5) is 0. The summed E-state index contributed by atoms with van der Waals surface area (Å²) in [7, 11) is 1.94. The predicted octanol–water partition coefficient (Wildman–Crippen LogP) is 2.76. The van der Waals surface area contributed by atoms with Gasteiger partial charge in [-0.2, -0.15) is 5.10 Å². The molecule has 1 aromatic heterocycles. The van der Waals surface area contributed by atoms with E-state index >= 15 is 0 Å². The van der Waals surface area contributed by atoms with Crippen LogP contribution in [-0.2, 0) is 20.1 Å². The maximum absolute atomic E-state index is 5.92. The number of aryl methyl sites for hydroxylation is 4. The lowest BCUT2D eigenvalue weighted by molar-refractivity contribution is 0.293. The fourth-order valence-electron chi connectivity index (χ4n) is 2.03. The van der Waals surface area contributed by atoms with Crippen LogP contribution < -0.4 is 10.5 Å². The Hall–Kier alpha value is -1.97. The smallest absolute Gasteiger partial charge is 0.130 e. The van der Waals surface area contributed by atoms with Gasteiger partial charge in [0.05, 0.1) is 11.4 Å². The number of benzene rings is 1. The lowest BCUT2D eigenvalue weighted by Gasteiger charge is -2.11. The van der Waals surface area contributed by atoms with Crippen molar-refractivity contribution >= 4 is 5.69 Å². The van der Waals surface area contributed by atoms with E-state index in [0.717, 1.165) is 40.4 Å². The molecule has 0 spiro atoms. The second-order valence-corrected chi connectivity index (χ2v) is 4.87. The summed E-state index contributed by atoms with van der Waals surface area (Å²) in [5, 5.41) is 4.41. The maximum Gasteiger partial charge on any atom is 0.130 e. The molecule has 19 heavy (non-hydrogen) atoms. The van der Waals surface area contributed by atoms with Crippen LogP contribution in [0.4, 0.5) is 5.69 Å². The van der Waals surface area contributed by atoms with Gasteiger partial charge in [0.15, 0.2) is 0 Å². The molecule has 0 bridgehead atoms.